The molecule has 1 amide bonds. The van der Waals surface area contributed by atoms with E-state index in [0.717, 1.165) is 11.3 Å². The van der Waals surface area contributed by atoms with E-state index in [1.165, 1.54) is 0 Å². The van der Waals surface area contributed by atoms with Gasteiger partial charge in [0, 0.05) is 17.4 Å². The molecule has 0 radical (unpaired) electrons. The number of para-hydroxylation sites is 1. The Hall–Kier alpha value is -2.75. The maximum Gasteiger partial charge on any atom is 0.243 e. The van der Waals surface area contributed by atoms with Gasteiger partial charge in [-0.3, -0.25) is 4.79 Å². The van der Waals surface area contributed by atoms with E-state index in [9.17, 15) is 4.79 Å². The predicted molar refractivity (Wildman–Crippen MR) is 90.3 cm³/mol. The monoisotopic (exact) mass is 296 g/mol. The van der Waals surface area contributed by atoms with E-state index in [1.807, 2.05) is 55.5 Å². The molecule has 2 aromatic carbocycles. The van der Waals surface area contributed by atoms with Gasteiger partial charge in [-0.1, -0.05) is 30.8 Å². The zero-order valence-corrected chi connectivity index (χ0v) is 12.6. The topological polar surface area (TPSA) is 50.4 Å². The molecule has 4 heteroatoms. The first-order chi connectivity index (χ1) is 10.6. The van der Waals surface area contributed by atoms with E-state index in [2.05, 4.69) is 17.2 Å². The molecule has 22 heavy (non-hydrogen) atoms. The van der Waals surface area contributed by atoms with Crippen LogP contribution in [-0.4, -0.2) is 19.1 Å². The summed E-state index contributed by atoms with van der Waals surface area (Å²) in [5, 5.41) is 5.90. The molecule has 0 aromatic heterocycles. The van der Waals surface area contributed by atoms with Gasteiger partial charge in [-0.05, 0) is 36.8 Å². The molecule has 0 fully saturated rings. The van der Waals surface area contributed by atoms with Gasteiger partial charge >= 0.3 is 0 Å². The van der Waals surface area contributed by atoms with Crippen LogP contribution in [0.15, 0.2) is 66.7 Å². The SMILES string of the molecule is C=C(C)COc1cccc(NC(=O)CNc2ccccc2)c1. The van der Waals surface area contributed by atoms with E-state index in [4.69, 9.17) is 4.74 Å². The molecule has 0 bridgehead atoms. The van der Waals surface area contributed by atoms with Crippen LogP contribution in [0.25, 0.3) is 0 Å². The molecule has 114 valence electrons. The lowest BCUT2D eigenvalue weighted by Crippen LogP contribution is -2.21. The molecule has 0 saturated carbocycles. The summed E-state index contributed by atoms with van der Waals surface area (Å²) in [7, 11) is 0. The van der Waals surface area contributed by atoms with Gasteiger partial charge in [-0.2, -0.15) is 0 Å². The smallest absolute Gasteiger partial charge is 0.243 e. The minimum atomic E-state index is -0.110. The molecule has 2 rings (SSSR count). The van der Waals surface area contributed by atoms with Crippen LogP contribution in [0.3, 0.4) is 0 Å². The van der Waals surface area contributed by atoms with Crippen LogP contribution in [0.2, 0.25) is 0 Å². The number of hydrogen-bond acceptors (Lipinski definition) is 3. The summed E-state index contributed by atoms with van der Waals surface area (Å²) in [4.78, 5) is 11.9. The summed E-state index contributed by atoms with van der Waals surface area (Å²) in [6.45, 7) is 6.37. The minimum Gasteiger partial charge on any atom is -0.489 e. The van der Waals surface area contributed by atoms with Crippen molar-refractivity contribution in [2.45, 2.75) is 6.92 Å². The Morgan fingerprint density at radius 2 is 1.82 bits per heavy atom. The van der Waals surface area contributed by atoms with Gasteiger partial charge in [0.15, 0.2) is 0 Å². The lowest BCUT2D eigenvalue weighted by Gasteiger charge is -2.10. The summed E-state index contributed by atoms with van der Waals surface area (Å²) in [5.74, 6) is 0.595. The van der Waals surface area contributed by atoms with Crippen molar-refractivity contribution in [2.75, 3.05) is 23.8 Å². The normalized spacial score (nSPS) is 9.86. The third-order valence-corrected chi connectivity index (χ3v) is 2.83. The highest BCUT2D eigenvalue weighted by molar-refractivity contribution is 5.93. The molecular weight excluding hydrogens is 276 g/mol. The van der Waals surface area contributed by atoms with Crippen molar-refractivity contribution in [1.82, 2.24) is 0 Å². The second-order valence-electron chi connectivity index (χ2n) is 5.04. The third-order valence-electron chi connectivity index (χ3n) is 2.83. The number of benzene rings is 2. The number of carbonyl (C=O) groups excluding carboxylic acids is 1. The summed E-state index contributed by atoms with van der Waals surface area (Å²) >= 11 is 0. The molecule has 2 N–H and O–H groups in total. The summed E-state index contributed by atoms with van der Waals surface area (Å²) in [6, 6.07) is 16.9. The van der Waals surface area contributed by atoms with E-state index in [0.29, 0.717) is 18.0 Å². The molecule has 0 aliphatic rings. The maximum atomic E-state index is 11.9. The van der Waals surface area contributed by atoms with Crippen LogP contribution in [0.4, 0.5) is 11.4 Å². The van der Waals surface area contributed by atoms with Crippen molar-refractivity contribution in [3.8, 4) is 5.75 Å². The van der Waals surface area contributed by atoms with E-state index >= 15 is 0 Å². The largest absolute Gasteiger partial charge is 0.489 e. The van der Waals surface area contributed by atoms with E-state index in [-0.39, 0.29) is 12.5 Å². The Labute approximate surface area is 130 Å². The van der Waals surface area contributed by atoms with Crippen molar-refractivity contribution in [1.29, 1.82) is 0 Å². The first-order valence-electron chi connectivity index (χ1n) is 7.09. The Bertz CT molecular complexity index is 639. The summed E-state index contributed by atoms with van der Waals surface area (Å²) < 4.78 is 5.55. The standard InChI is InChI=1S/C18H20N2O2/c1-14(2)13-22-17-10-6-9-16(11-17)20-18(21)12-19-15-7-4-3-5-8-15/h3-11,19H,1,12-13H2,2H3,(H,20,21). The van der Waals surface area contributed by atoms with Gasteiger partial charge in [-0.15, -0.1) is 0 Å². The Kier molecular flexibility index (Phi) is 5.60. The molecule has 0 aliphatic heterocycles. The second kappa shape index (κ2) is 7.88. The molecule has 0 aliphatic carbocycles. The van der Waals surface area contributed by atoms with Crippen molar-refractivity contribution < 1.29 is 9.53 Å². The van der Waals surface area contributed by atoms with Crippen LogP contribution in [0.5, 0.6) is 5.75 Å². The van der Waals surface area contributed by atoms with E-state index < -0.39 is 0 Å². The highest BCUT2D eigenvalue weighted by Crippen LogP contribution is 2.17. The Balaban J connectivity index is 1.85. The van der Waals surface area contributed by atoms with E-state index in [1.54, 1.807) is 6.07 Å². The zero-order valence-electron chi connectivity index (χ0n) is 12.6. The summed E-state index contributed by atoms with van der Waals surface area (Å²) in [5.41, 5.74) is 2.57. The number of ether oxygens (including phenoxy) is 1. The number of amides is 1. The quantitative estimate of drug-likeness (QED) is 0.766. The fraction of sp³-hybridized carbons (Fsp3) is 0.167. The Morgan fingerprint density at radius 1 is 1.09 bits per heavy atom. The second-order valence-corrected chi connectivity index (χ2v) is 5.04. The minimum absolute atomic E-state index is 0.110. The maximum absolute atomic E-state index is 11.9. The van der Waals surface area contributed by atoms with Gasteiger partial charge in [-0.25, -0.2) is 0 Å². The first kappa shape index (κ1) is 15.6. The van der Waals surface area contributed by atoms with Crippen LogP contribution >= 0.6 is 0 Å². The van der Waals surface area contributed by atoms with Gasteiger partial charge in [0.05, 0.1) is 6.54 Å². The predicted octanol–water partition coefficient (Wildman–Crippen LogP) is 3.69. The molecule has 4 nitrogen and oxygen atoms in total. The lowest BCUT2D eigenvalue weighted by atomic mass is 10.3. The summed E-state index contributed by atoms with van der Waals surface area (Å²) in [6.07, 6.45) is 0. The lowest BCUT2D eigenvalue weighted by molar-refractivity contribution is -0.114. The molecule has 0 spiro atoms. The van der Waals surface area contributed by atoms with Crippen molar-refractivity contribution in [2.24, 2.45) is 0 Å². The average molecular weight is 296 g/mol. The van der Waals surface area contributed by atoms with Gasteiger partial charge in [0.2, 0.25) is 5.91 Å². The first-order valence-corrected chi connectivity index (χ1v) is 7.09. The van der Waals surface area contributed by atoms with Crippen LogP contribution in [-0.2, 0) is 4.79 Å². The van der Waals surface area contributed by atoms with Crippen molar-refractivity contribution in [3.05, 3.63) is 66.7 Å². The fourth-order valence-electron chi connectivity index (χ4n) is 1.81. The molecule has 0 unspecified atom stereocenters. The third kappa shape index (κ3) is 5.32. The van der Waals surface area contributed by atoms with Crippen LogP contribution in [0, 0.1) is 0 Å². The number of carbonyl (C=O) groups is 1. The molecule has 0 atom stereocenters. The average Bonchev–Trinajstić information content (AvgIpc) is 2.52. The molecular formula is C18H20N2O2. The number of rotatable bonds is 7. The molecule has 0 saturated heterocycles. The highest BCUT2D eigenvalue weighted by atomic mass is 16.5. The number of nitrogens with one attached hydrogen (secondary N) is 2. The van der Waals surface area contributed by atoms with Crippen LogP contribution in [0.1, 0.15) is 6.92 Å². The van der Waals surface area contributed by atoms with Gasteiger partial charge < -0.3 is 15.4 Å². The zero-order chi connectivity index (χ0) is 15.8. The molecule has 0 heterocycles. The molecule has 2 aromatic rings. The fourth-order valence-corrected chi connectivity index (χ4v) is 1.81. The Morgan fingerprint density at radius 3 is 2.55 bits per heavy atom. The number of anilines is 2. The highest BCUT2D eigenvalue weighted by Gasteiger charge is 2.03. The van der Waals surface area contributed by atoms with Crippen molar-refractivity contribution in [3.63, 3.8) is 0 Å². The number of hydrogen-bond donors (Lipinski definition) is 2. The van der Waals surface area contributed by atoms with Gasteiger partial charge in [0.1, 0.15) is 12.4 Å². The van der Waals surface area contributed by atoms with Gasteiger partial charge in [0.25, 0.3) is 0 Å². The van der Waals surface area contributed by atoms with Crippen LogP contribution < -0.4 is 15.4 Å². The van der Waals surface area contributed by atoms with Crippen molar-refractivity contribution >= 4 is 17.3 Å².